The lowest BCUT2D eigenvalue weighted by atomic mass is 10.4. The maximum Gasteiger partial charge on any atom is 0.0132 e. The fourth-order valence-corrected chi connectivity index (χ4v) is 1.47. The quantitative estimate of drug-likeness (QED) is 0.454. The van der Waals surface area contributed by atoms with Crippen LogP contribution in [0, 0.1) is 0 Å². The highest BCUT2D eigenvalue weighted by Gasteiger charge is 2.26. The largest absolute Gasteiger partial charge is 0.312 e. The monoisotopic (exact) mass is 168 g/mol. The lowest BCUT2D eigenvalue weighted by Crippen LogP contribution is -2.33. The van der Waals surface area contributed by atoms with Crippen molar-refractivity contribution < 1.29 is 0 Å². The van der Waals surface area contributed by atoms with Crippen LogP contribution in [0.15, 0.2) is 12.7 Å². The molecule has 1 fully saturated rings. The molecule has 2 heteroatoms. The van der Waals surface area contributed by atoms with Crippen LogP contribution in [-0.4, -0.2) is 37.1 Å². The zero-order valence-corrected chi connectivity index (χ0v) is 8.05. The van der Waals surface area contributed by atoms with E-state index >= 15 is 0 Å². The van der Waals surface area contributed by atoms with Crippen LogP contribution in [-0.2, 0) is 0 Å². The van der Waals surface area contributed by atoms with E-state index in [4.69, 9.17) is 0 Å². The van der Waals surface area contributed by atoms with Crippen LogP contribution in [0.25, 0.3) is 0 Å². The number of hydrogen-bond acceptors (Lipinski definition) is 2. The summed E-state index contributed by atoms with van der Waals surface area (Å²) in [5.41, 5.74) is 0. The Morgan fingerprint density at radius 1 is 1.58 bits per heavy atom. The summed E-state index contributed by atoms with van der Waals surface area (Å²) in [7, 11) is 0. The van der Waals surface area contributed by atoms with E-state index < -0.39 is 0 Å². The van der Waals surface area contributed by atoms with Gasteiger partial charge in [0.25, 0.3) is 0 Å². The Morgan fingerprint density at radius 2 is 2.33 bits per heavy atom. The lowest BCUT2D eigenvalue weighted by Gasteiger charge is -2.19. The van der Waals surface area contributed by atoms with Gasteiger partial charge in [0.05, 0.1) is 0 Å². The zero-order chi connectivity index (χ0) is 8.81. The molecule has 1 N–H and O–H groups in total. The van der Waals surface area contributed by atoms with Crippen molar-refractivity contribution in [2.45, 2.75) is 25.8 Å². The normalized spacial score (nSPS) is 16.8. The summed E-state index contributed by atoms with van der Waals surface area (Å²) in [4.78, 5) is 2.55. The minimum atomic E-state index is 0.903. The maximum absolute atomic E-state index is 3.67. The second-order valence-corrected chi connectivity index (χ2v) is 3.35. The van der Waals surface area contributed by atoms with E-state index in [1.807, 2.05) is 6.08 Å². The van der Waals surface area contributed by atoms with Gasteiger partial charge < -0.3 is 5.32 Å². The molecule has 70 valence electrons. The molecule has 0 aromatic carbocycles. The highest BCUT2D eigenvalue weighted by atomic mass is 15.2. The molecule has 0 spiro atoms. The molecule has 0 aromatic rings. The van der Waals surface area contributed by atoms with Crippen molar-refractivity contribution in [1.82, 2.24) is 10.2 Å². The Morgan fingerprint density at radius 3 is 2.83 bits per heavy atom. The molecule has 0 atom stereocenters. The molecule has 1 aliphatic carbocycles. The highest BCUT2D eigenvalue weighted by Crippen LogP contribution is 2.25. The fraction of sp³-hybridized carbons (Fsp3) is 0.800. The standard InChI is InChI=1S/C10H20N2/c1-3-7-11-8-9-12(4-2)10-5-6-10/h3,10-11H,1,4-9H2,2H3. The summed E-state index contributed by atoms with van der Waals surface area (Å²) < 4.78 is 0. The van der Waals surface area contributed by atoms with E-state index in [1.165, 1.54) is 25.9 Å². The molecule has 12 heavy (non-hydrogen) atoms. The van der Waals surface area contributed by atoms with E-state index in [0.29, 0.717) is 0 Å². The molecule has 0 heterocycles. The van der Waals surface area contributed by atoms with Gasteiger partial charge in [0, 0.05) is 25.7 Å². The van der Waals surface area contributed by atoms with Crippen LogP contribution in [0.4, 0.5) is 0 Å². The average Bonchev–Trinajstić information content (AvgIpc) is 2.88. The summed E-state index contributed by atoms with van der Waals surface area (Å²) in [5.74, 6) is 0. The van der Waals surface area contributed by atoms with Crippen LogP contribution in [0.2, 0.25) is 0 Å². The molecule has 0 saturated heterocycles. The Labute approximate surface area is 75.6 Å². The third kappa shape index (κ3) is 3.37. The number of hydrogen-bond donors (Lipinski definition) is 1. The van der Waals surface area contributed by atoms with E-state index in [2.05, 4.69) is 23.7 Å². The highest BCUT2D eigenvalue weighted by molar-refractivity contribution is 4.84. The van der Waals surface area contributed by atoms with Gasteiger partial charge in [-0.05, 0) is 19.4 Å². The molecular formula is C10H20N2. The molecule has 2 nitrogen and oxygen atoms in total. The Bertz CT molecular complexity index is 130. The first-order valence-electron chi connectivity index (χ1n) is 4.94. The van der Waals surface area contributed by atoms with Crippen molar-refractivity contribution >= 4 is 0 Å². The number of nitrogens with one attached hydrogen (secondary N) is 1. The van der Waals surface area contributed by atoms with Crippen LogP contribution >= 0.6 is 0 Å². The molecule has 0 amide bonds. The smallest absolute Gasteiger partial charge is 0.0132 e. The van der Waals surface area contributed by atoms with E-state index in [1.54, 1.807) is 0 Å². The van der Waals surface area contributed by atoms with Crippen molar-refractivity contribution in [1.29, 1.82) is 0 Å². The van der Waals surface area contributed by atoms with Crippen molar-refractivity contribution in [2.24, 2.45) is 0 Å². The van der Waals surface area contributed by atoms with E-state index in [-0.39, 0.29) is 0 Å². The topological polar surface area (TPSA) is 15.3 Å². The van der Waals surface area contributed by atoms with Gasteiger partial charge in [-0.15, -0.1) is 6.58 Å². The van der Waals surface area contributed by atoms with Crippen molar-refractivity contribution in [3.8, 4) is 0 Å². The molecule has 0 radical (unpaired) electrons. The molecule has 1 aliphatic rings. The third-order valence-electron chi connectivity index (χ3n) is 2.33. The molecule has 1 saturated carbocycles. The first-order chi connectivity index (χ1) is 5.88. The van der Waals surface area contributed by atoms with Crippen LogP contribution in [0.5, 0.6) is 0 Å². The molecule has 0 aliphatic heterocycles. The summed E-state index contributed by atoms with van der Waals surface area (Å²) in [6, 6.07) is 0.903. The Kier molecular flexibility index (Phi) is 4.33. The zero-order valence-electron chi connectivity index (χ0n) is 8.05. The van der Waals surface area contributed by atoms with Crippen molar-refractivity contribution in [3.05, 3.63) is 12.7 Å². The summed E-state index contributed by atoms with van der Waals surface area (Å²) in [6.45, 7) is 10.3. The molecule has 1 rings (SSSR count). The SMILES string of the molecule is C=CCNCCN(CC)C1CC1. The van der Waals surface area contributed by atoms with Crippen LogP contribution in [0.3, 0.4) is 0 Å². The predicted molar refractivity (Wildman–Crippen MR) is 53.3 cm³/mol. The van der Waals surface area contributed by atoms with Gasteiger partial charge in [-0.3, -0.25) is 4.90 Å². The molecule has 0 bridgehead atoms. The Hall–Kier alpha value is -0.340. The lowest BCUT2D eigenvalue weighted by molar-refractivity contribution is 0.278. The number of nitrogens with zero attached hydrogens (tertiary/aromatic N) is 1. The minimum absolute atomic E-state index is 0.903. The Balaban J connectivity index is 1.98. The van der Waals surface area contributed by atoms with Gasteiger partial charge >= 0.3 is 0 Å². The van der Waals surface area contributed by atoms with Gasteiger partial charge in [0.2, 0.25) is 0 Å². The van der Waals surface area contributed by atoms with Crippen LogP contribution in [0.1, 0.15) is 19.8 Å². The first kappa shape index (κ1) is 9.75. The van der Waals surface area contributed by atoms with Gasteiger partial charge in [-0.25, -0.2) is 0 Å². The van der Waals surface area contributed by atoms with Gasteiger partial charge in [0.1, 0.15) is 0 Å². The average molecular weight is 168 g/mol. The van der Waals surface area contributed by atoms with Crippen LogP contribution < -0.4 is 5.32 Å². The predicted octanol–water partition coefficient (Wildman–Crippen LogP) is 1.25. The molecule has 0 aromatic heterocycles. The fourth-order valence-electron chi connectivity index (χ4n) is 1.47. The number of likely N-dealkylation sites (N-methyl/N-ethyl adjacent to an activating group) is 1. The van der Waals surface area contributed by atoms with E-state index in [9.17, 15) is 0 Å². The summed E-state index contributed by atoms with van der Waals surface area (Å²) in [5, 5.41) is 3.32. The molecule has 0 unspecified atom stereocenters. The minimum Gasteiger partial charge on any atom is -0.312 e. The van der Waals surface area contributed by atoms with E-state index in [0.717, 1.165) is 19.1 Å². The second-order valence-electron chi connectivity index (χ2n) is 3.35. The van der Waals surface area contributed by atoms with Gasteiger partial charge in [-0.2, -0.15) is 0 Å². The van der Waals surface area contributed by atoms with Gasteiger partial charge in [0.15, 0.2) is 0 Å². The van der Waals surface area contributed by atoms with Gasteiger partial charge in [-0.1, -0.05) is 13.0 Å². The molecular weight excluding hydrogens is 148 g/mol. The van der Waals surface area contributed by atoms with Crippen molar-refractivity contribution in [3.63, 3.8) is 0 Å². The van der Waals surface area contributed by atoms with Crippen molar-refractivity contribution in [2.75, 3.05) is 26.2 Å². The summed E-state index contributed by atoms with van der Waals surface area (Å²) >= 11 is 0. The third-order valence-corrected chi connectivity index (χ3v) is 2.33. The first-order valence-corrected chi connectivity index (χ1v) is 4.94. The summed E-state index contributed by atoms with van der Waals surface area (Å²) in [6.07, 6.45) is 4.73. The maximum atomic E-state index is 3.67. The number of rotatable bonds is 7. The second kappa shape index (κ2) is 5.33.